The minimum absolute atomic E-state index is 0.162. The zero-order valence-electron chi connectivity index (χ0n) is 12.7. The lowest BCUT2D eigenvalue weighted by atomic mass is 10.1. The maximum absolute atomic E-state index is 12.8. The molecule has 3 nitrogen and oxygen atoms in total. The number of aryl methyl sites for hydroxylation is 1. The number of halogens is 1. The maximum Gasteiger partial charge on any atom is 0.216 e. The van der Waals surface area contributed by atoms with E-state index < -0.39 is 10.0 Å². The smallest absolute Gasteiger partial charge is 0.212 e. The van der Waals surface area contributed by atoms with Crippen molar-refractivity contribution in [1.82, 2.24) is 4.72 Å². The van der Waals surface area contributed by atoms with E-state index in [9.17, 15) is 12.8 Å². The Labute approximate surface area is 131 Å². The molecule has 2 aromatic carbocycles. The Bertz CT molecular complexity index is 709. The van der Waals surface area contributed by atoms with Crippen molar-refractivity contribution in [3.05, 3.63) is 71.0 Å². The molecule has 0 heterocycles. The average Bonchev–Trinajstić information content (AvgIpc) is 2.49. The number of rotatable bonds is 6. The van der Waals surface area contributed by atoms with E-state index in [1.54, 1.807) is 0 Å². The van der Waals surface area contributed by atoms with Gasteiger partial charge in [-0.25, -0.2) is 17.5 Å². The SMILES string of the molecule is CCc1ccc(C(C)NS(=O)(=O)Cc2ccc(F)cc2)cc1. The lowest BCUT2D eigenvalue weighted by Gasteiger charge is -2.15. The second kappa shape index (κ2) is 7.03. The van der Waals surface area contributed by atoms with Crippen LogP contribution in [0.4, 0.5) is 4.39 Å². The van der Waals surface area contributed by atoms with Gasteiger partial charge in [-0.1, -0.05) is 43.3 Å². The summed E-state index contributed by atoms with van der Waals surface area (Å²) < 4.78 is 39.9. The Hall–Kier alpha value is -1.72. The monoisotopic (exact) mass is 321 g/mol. The van der Waals surface area contributed by atoms with Gasteiger partial charge in [0.2, 0.25) is 10.0 Å². The topological polar surface area (TPSA) is 46.2 Å². The lowest BCUT2D eigenvalue weighted by molar-refractivity contribution is 0.566. The van der Waals surface area contributed by atoms with E-state index in [0.717, 1.165) is 12.0 Å². The highest BCUT2D eigenvalue weighted by molar-refractivity contribution is 7.88. The van der Waals surface area contributed by atoms with Crippen molar-refractivity contribution in [2.75, 3.05) is 0 Å². The Kier molecular flexibility index (Phi) is 5.32. The van der Waals surface area contributed by atoms with Crippen molar-refractivity contribution in [2.24, 2.45) is 0 Å². The van der Waals surface area contributed by atoms with Crippen LogP contribution in [0.15, 0.2) is 48.5 Å². The zero-order valence-corrected chi connectivity index (χ0v) is 13.5. The summed E-state index contributed by atoms with van der Waals surface area (Å²) in [6, 6.07) is 13.0. The van der Waals surface area contributed by atoms with Crippen LogP contribution in [0.2, 0.25) is 0 Å². The first-order chi connectivity index (χ1) is 10.4. The predicted octanol–water partition coefficient (Wildman–Crippen LogP) is 3.57. The highest BCUT2D eigenvalue weighted by Crippen LogP contribution is 2.16. The van der Waals surface area contributed by atoms with Crippen LogP contribution in [0.25, 0.3) is 0 Å². The summed E-state index contributed by atoms with van der Waals surface area (Å²) in [5, 5.41) is 0. The molecule has 1 atom stereocenters. The van der Waals surface area contributed by atoms with Crippen LogP contribution in [0.5, 0.6) is 0 Å². The van der Waals surface area contributed by atoms with Gasteiger partial charge in [0.05, 0.1) is 5.75 Å². The Morgan fingerprint density at radius 3 is 2.09 bits per heavy atom. The van der Waals surface area contributed by atoms with E-state index in [1.807, 2.05) is 31.2 Å². The van der Waals surface area contributed by atoms with E-state index in [0.29, 0.717) is 5.56 Å². The third kappa shape index (κ3) is 4.64. The predicted molar refractivity (Wildman–Crippen MR) is 86.4 cm³/mol. The zero-order chi connectivity index (χ0) is 16.2. The molecule has 118 valence electrons. The largest absolute Gasteiger partial charge is 0.216 e. The summed E-state index contributed by atoms with van der Waals surface area (Å²) in [4.78, 5) is 0. The number of hydrogen-bond acceptors (Lipinski definition) is 2. The number of benzene rings is 2. The number of nitrogens with one attached hydrogen (secondary N) is 1. The highest BCUT2D eigenvalue weighted by Gasteiger charge is 2.16. The van der Waals surface area contributed by atoms with Gasteiger partial charge in [-0.2, -0.15) is 0 Å². The van der Waals surface area contributed by atoms with Crippen LogP contribution in [-0.2, 0) is 22.2 Å². The van der Waals surface area contributed by atoms with Crippen molar-refractivity contribution in [2.45, 2.75) is 32.1 Å². The van der Waals surface area contributed by atoms with Gasteiger partial charge in [-0.15, -0.1) is 0 Å². The Morgan fingerprint density at radius 1 is 1.00 bits per heavy atom. The number of sulfonamides is 1. The molecular weight excluding hydrogens is 301 g/mol. The van der Waals surface area contributed by atoms with Gasteiger partial charge in [0.15, 0.2) is 0 Å². The van der Waals surface area contributed by atoms with Gasteiger partial charge in [0.25, 0.3) is 0 Å². The average molecular weight is 321 g/mol. The van der Waals surface area contributed by atoms with Crippen molar-refractivity contribution in [3.8, 4) is 0 Å². The van der Waals surface area contributed by atoms with Crippen LogP contribution in [0, 0.1) is 5.82 Å². The Morgan fingerprint density at radius 2 is 1.55 bits per heavy atom. The van der Waals surface area contributed by atoms with Crippen molar-refractivity contribution >= 4 is 10.0 Å². The van der Waals surface area contributed by atoms with E-state index in [4.69, 9.17) is 0 Å². The molecular formula is C17H20FNO2S. The number of hydrogen-bond donors (Lipinski definition) is 1. The molecule has 22 heavy (non-hydrogen) atoms. The summed E-state index contributed by atoms with van der Waals surface area (Å²) in [6.07, 6.45) is 0.949. The van der Waals surface area contributed by atoms with Gasteiger partial charge in [-0.05, 0) is 42.2 Å². The molecule has 0 saturated heterocycles. The fraction of sp³-hybridized carbons (Fsp3) is 0.294. The first kappa shape index (κ1) is 16.6. The fourth-order valence-corrected chi connectivity index (χ4v) is 3.61. The van der Waals surface area contributed by atoms with Crippen molar-refractivity contribution in [3.63, 3.8) is 0 Å². The maximum atomic E-state index is 12.8. The Balaban J connectivity index is 2.05. The van der Waals surface area contributed by atoms with Gasteiger partial charge in [0, 0.05) is 6.04 Å². The van der Waals surface area contributed by atoms with E-state index in [-0.39, 0.29) is 17.6 Å². The van der Waals surface area contributed by atoms with Crippen LogP contribution in [0.3, 0.4) is 0 Å². The first-order valence-corrected chi connectivity index (χ1v) is 8.88. The molecule has 1 N–H and O–H groups in total. The van der Waals surface area contributed by atoms with Crippen LogP contribution in [-0.4, -0.2) is 8.42 Å². The molecule has 5 heteroatoms. The van der Waals surface area contributed by atoms with E-state index >= 15 is 0 Å². The quantitative estimate of drug-likeness (QED) is 0.884. The molecule has 0 amide bonds. The molecule has 0 aromatic heterocycles. The summed E-state index contributed by atoms with van der Waals surface area (Å²) in [6.45, 7) is 3.88. The third-order valence-electron chi connectivity index (χ3n) is 3.51. The lowest BCUT2D eigenvalue weighted by Crippen LogP contribution is -2.28. The normalized spacial score (nSPS) is 13.0. The van der Waals surface area contributed by atoms with Crippen molar-refractivity contribution in [1.29, 1.82) is 0 Å². The summed E-state index contributed by atoms with van der Waals surface area (Å²) in [5.74, 6) is -0.538. The minimum atomic E-state index is -3.48. The van der Waals surface area contributed by atoms with Crippen molar-refractivity contribution < 1.29 is 12.8 Å². The molecule has 2 rings (SSSR count). The molecule has 0 saturated carbocycles. The van der Waals surface area contributed by atoms with E-state index in [2.05, 4.69) is 11.6 Å². The highest BCUT2D eigenvalue weighted by atomic mass is 32.2. The molecule has 0 bridgehead atoms. The van der Waals surface area contributed by atoms with Crippen LogP contribution in [0.1, 0.15) is 36.6 Å². The molecule has 2 aromatic rings. The van der Waals surface area contributed by atoms with Gasteiger partial charge >= 0.3 is 0 Å². The second-order valence-corrected chi connectivity index (χ2v) is 7.07. The summed E-state index contributed by atoms with van der Waals surface area (Å²) >= 11 is 0. The molecule has 0 aliphatic heterocycles. The molecule has 1 unspecified atom stereocenters. The standard InChI is InChI=1S/C17H20FNO2S/c1-3-14-4-8-16(9-5-14)13(2)19-22(20,21)12-15-6-10-17(18)11-7-15/h4-11,13,19H,3,12H2,1-2H3. The molecule has 0 aliphatic carbocycles. The van der Waals surface area contributed by atoms with Gasteiger partial charge in [0.1, 0.15) is 5.82 Å². The summed E-state index contributed by atoms with van der Waals surface area (Å²) in [5.41, 5.74) is 2.69. The van der Waals surface area contributed by atoms with Gasteiger partial charge in [-0.3, -0.25) is 0 Å². The minimum Gasteiger partial charge on any atom is -0.212 e. The van der Waals surface area contributed by atoms with Gasteiger partial charge < -0.3 is 0 Å². The van der Waals surface area contributed by atoms with Crippen LogP contribution < -0.4 is 4.72 Å². The molecule has 0 aliphatic rings. The summed E-state index contributed by atoms with van der Waals surface area (Å²) in [7, 11) is -3.48. The molecule has 0 fully saturated rings. The van der Waals surface area contributed by atoms with Crippen LogP contribution >= 0.6 is 0 Å². The molecule has 0 spiro atoms. The fourth-order valence-electron chi connectivity index (χ4n) is 2.22. The second-order valence-electron chi connectivity index (χ2n) is 5.32. The first-order valence-electron chi connectivity index (χ1n) is 7.23. The molecule has 0 radical (unpaired) electrons. The third-order valence-corrected chi connectivity index (χ3v) is 4.94. The van der Waals surface area contributed by atoms with E-state index in [1.165, 1.54) is 29.8 Å².